The van der Waals surface area contributed by atoms with Gasteiger partial charge in [0, 0.05) is 42.8 Å². The van der Waals surface area contributed by atoms with Gasteiger partial charge in [0.15, 0.2) is 6.54 Å². The number of aromatic nitrogens is 1. The van der Waals surface area contributed by atoms with Crippen molar-refractivity contribution in [1.82, 2.24) is 0 Å². The molecule has 46 heavy (non-hydrogen) atoms. The van der Waals surface area contributed by atoms with E-state index < -0.39 is 5.97 Å². The second-order valence-corrected chi connectivity index (χ2v) is 14.5. The fraction of sp³-hybridized carbons (Fsp3) is 0.368. The van der Waals surface area contributed by atoms with E-state index in [-0.39, 0.29) is 6.42 Å². The van der Waals surface area contributed by atoms with Crippen LogP contribution in [-0.2, 0) is 16.2 Å². The average Bonchev–Trinajstić information content (AvgIpc) is 3.59. The number of nitrogens with zero attached hydrogens (tertiary/aromatic N) is 2. The van der Waals surface area contributed by atoms with E-state index in [0.717, 1.165) is 58.0 Å². The van der Waals surface area contributed by atoms with Gasteiger partial charge in [-0.2, -0.15) is 4.57 Å². The molecule has 0 saturated heterocycles. The van der Waals surface area contributed by atoms with E-state index in [2.05, 4.69) is 93.8 Å². The lowest BCUT2D eigenvalue weighted by atomic mass is 9.77. The van der Waals surface area contributed by atoms with Gasteiger partial charge in [-0.1, -0.05) is 66.1 Å². The van der Waals surface area contributed by atoms with E-state index in [1.165, 1.54) is 60.4 Å². The molecule has 1 N–H and O–H groups in total. The highest BCUT2D eigenvalue weighted by molar-refractivity contribution is 8.03. The number of fused-ring (bicyclic) bond motifs is 3. The van der Waals surface area contributed by atoms with Crippen LogP contribution in [0.5, 0.6) is 0 Å². The van der Waals surface area contributed by atoms with Gasteiger partial charge in [0.25, 0.3) is 5.01 Å². The maximum Gasteiger partial charge on any atom is 0.303 e. The molecule has 2 heterocycles. The first-order chi connectivity index (χ1) is 22.5. The highest BCUT2D eigenvalue weighted by atomic mass is 32.2. The molecule has 8 heteroatoms. The number of anilines is 1. The van der Waals surface area contributed by atoms with Crippen LogP contribution in [0.2, 0.25) is 0 Å². The Kier molecular flexibility index (Phi) is 10.8. The summed E-state index contributed by atoms with van der Waals surface area (Å²) in [4.78, 5) is 18.7. The topological polar surface area (TPSA) is 76.7 Å². The Hall–Kier alpha value is -3.59. The molecule has 6 rings (SSSR count). The molecule has 0 saturated carbocycles. The van der Waals surface area contributed by atoms with E-state index in [1.807, 2.05) is 23.1 Å². The minimum absolute atomic E-state index is 0.242. The highest BCUT2D eigenvalue weighted by Crippen LogP contribution is 2.47. The lowest BCUT2D eigenvalue weighted by Crippen LogP contribution is -2.35. The van der Waals surface area contributed by atoms with Crippen LogP contribution in [0.15, 0.2) is 106 Å². The summed E-state index contributed by atoms with van der Waals surface area (Å²) < 4.78 is 3.72. The Balaban J connectivity index is 1.21. The van der Waals surface area contributed by atoms with Crippen molar-refractivity contribution in [3.8, 4) is 0 Å². The molecule has 2 aromatic carbocycles. The van der Waals surface area contributed by atoms with E-state index in [9.17, 15) is 10.1 Å². The van der Waals surface area contributed by atoms with Crippen LogP contribution in [0.3, 0.4) is 0 Å². The normalized spacial score (nSPS) is 19.2. The lowest BCUT2D eigenvalue weighted by Gasteiger charge is -2.29. The van der Waals surface area contributed by atoms with E-state index in [4.69, 9.17) is 5.11 Å². The minimum Gasteiger partial charge on any atom is -0.664 e. The number of hydrogen-bond donors (Lipinski definition) is 1. The smallest absolute Gasteiger partial charge is 0.303 e. The summed E-state index contributed by atoms with van der Waals surface area (Å²) in [5.74, 6) is 0.205. The molecule has 1 aliphatic heterocycles. The second-order valence-electron chi connectivity index (χ2n) is 12.4. The number of aliphatic carboxylic acids is 1. The fourth-order valence-electron chi connectivity index (χ4n) is 6.69. The number of para-hydroxylation sites is 2. The van der Waals surface area contributed by atoms with Crippen molar-refractivity contribution in [2.45, 2.75) is 82.1 Å². The molecule has 2 aliphatic carbocycles. The van der Waals surface area contributed by atoms with Crippen molar-refractivity contribution in [2.24, 2.45) is 5.92 Å². The van der Waals surface area contributed by atoms with E-state index in [0.29, 0.717) is 18.1 Å². The van der Waals surface area contributed by atoms with E-state index >= 15 is 0 Å². The Morgan fingerprint density at radius 3 is 2.67 bits per heavy atom. The summed E-state index contributed by atoms with van der Waals surface area (Å²) in [7, 11) is 0. The summed E-state index contributed by atoms with van der Waals surface area (Å²) >= 11 is 3.69. The Morgan fingerprint density at radius 2 is 1.80 bits per heavy atom. The molecule has 0 bridgehead atoms. The molecule has 1 atom stereocenters. The van der Waals surface area contributed by atoms with Gasteiger partial charge < -0.3 is 20.2 Å². The number of thioether (sulfide) groups is 1. The number of thiazole rings is 1. The molecule has 240 valence electrons. The number of benzene rings is 2. The summed E-state index contributed by atoms with van der Waals surface area (Å²) in [6.07, 6.45) is 19.5. The standard InChI is InChI=1S/C38H42N2O4S2/c1-27(44-43)11-8-10-22-40-33-13-5-7-15-35(33)46-37(40)26-29-18-20-30-19-17-28(23-31(30)24-29)25-36-39(21-9-2-3-16-38(41)42)32-12-4-6-14-34(32)45-36/h4-7,12-15,23-26,30H,1-3,8-11,16-22H2,(H-,41,42,43). The van der Waals surface area contributed by atoms with E-state index in [1.54, 1.807) is 0 Å². The zero-order valence-corrected chi connectivity index (χ0v) is 27.9. The quantitative estimate of drug-likeness (QED) is 0.0616. The highest BCUT2D eigenvalue weighted by Gasteiger charge is 2.27. The van der Waals surface area contributed by atoms with Crippen molar-refractivity contribution < 1.29 is 24.6 Å². The number of rotatable bonds is 14. The van der Waals surface area contributed by atoms with Crippen LogP contribution >= 0.6 is 23.1 Å². The third-order valence-corrected chi connectivity index (χ3v) is 11.3. The van der Waals surface area contributed by atoms with Gasteiger partial charge in [0.1, 0.15) is 4.70 Å². The number of carboxylic acids is 1. The van der Waals surface area contributed by atoms with Gasteiger partial charge >= 0.3 is 5.97 Å². The third kappa shape index (κ3) is 7.85. The van der Waals surface area contributed by atoms with Gasteiger partial charge in [0.05, 0.1) is 16.5 Å². The zero-order chi connectivity index (χ0) is 31.9. The summed E-state index contributed by atoms with van der Waals surface area (Å²) in [6, 6.07) is 17.2. The predicted molar refractivity (Wildman–Crippen MR) is 186 cm³/mol. The number of hydrogen-bond acceptors (Lipinski definition) is 6. The van der Waals surface area contributed by atoms with Crippen molar-refractivity contribution in [3.05, 3.63) is 106 Å². The fourth-order valence-corrected chi connectivity index (χ4v) is 9.02. The monoisotopic (exact) mass is 654 g/mol. The van der Waals surface area contributed by atoms with Crippen LogP contribution in [-0.4, -0.2) is 17.6 Å². The molecule has 0 fully saturated rings. The maximum atomic E-state index is 10.9. The molecular formula is C38H42N2O4S2. The van der Waals surface area contributed by atoms with Crippen LogP contribution in [0, 0.1) is 5.92 Å². The van der Waals surface area contributed by atoms with Crippen molar-refractivity contribution in [2.75, 3.05) is 11.4 Å². The molecule has 3 aromatic rings. The van der Waals surface area contributed by atoms with Crippen LogP contribution in [0.25, 0.3) is 16.3 Å². The summed E-state index contributed by atoms with van der Waals surface area (Å²) in [6.45, 7) is 5.46. The van der Waals surface area contributed by atoms with Crippen molar-refractivity contribution >= 4 is 51.0 Å². The number of aryl methyl sites for hydroxylation is 1. The summed E-state index contributed by atoms with van der Waals surface area (Å²) in [5.41, 5.74) is 6.73. The molecule has 0 spiro atoms. The Labute approximate surface area is 280 Å². The van der Waals surface area contributed by atoms with Gasteiger partial charge in [0.2, 0.25) is 5.52 Å². The van der Waals surface area contributed by atoms with Crippen molar-refractivity contribution in [1.29, 1.82) is 0 Å². The SMILES string of the molecule is C=C(CCCCN1/C(=C/C2=CC3=C/C(=C/c4sc5ccccc5[n+]4CCCCCC(=O)O)CCC3CC2)Sc2ccccc21)O[O-]. The van der Waals surface area contributed by atoms with Gasteiger partial charge in [-0.25, -0.2) is 0 Å². The van der Waals surface area contributed by atoms with Crippen LogP contribution in [0.4, 0.5) is 5.69 Å². The number of carboxylic acid groups (broad SMARTS) is 1. The average molecular weight is 655 g/mol. The van der Waals surface area contributed by atoms with Gasteiger partial charge in [-0.05, 0) is 98.3 Å². The molecular weight excluding hydrogens is 613 g/mol. The molecule has 1 unspecified atom stereocenters. The van der Waals surface area contributed by atoms with Gasteiger partial charge in [-0.3, -0.25) is 4.79 Å². The largest absolute Gasteiger partial charge is 0.664 e. The number of carbonyl (C=O) groups is 1. The first kappa shape index (κ1) is 32.4. The number of allylic oxidation sites excluding steroid dienone is 7. The first-order valence-electron chi connectivity index (χ1n) is 16.5. The first-order valence-corrected chi connectivity index (χ1v) is 18.1. The molecule has 0 radical (unpaired) electrons. The van der Waals surface area contributed by atoms with Crippen LogP contribution in [0.1, 0.15) is 75.6 Å². The molecule has 0 amide bonds. The lowest BCUT2D eigenvalue weighted by molar-refractivity contribution is -0.672. The summed E-state index contributed by atoms with van der Waals surface area (Å²) in [5, 5.41) is 22.1. The Bertz CT molecular complexity index is 1720. The van der Waals surface area contributed by atoms with Crippen LogP contribution < -0.4 is 14.7 Å². The molecule has 1 aromatic heterocycles. The van der Waals surface area contributed by atoms with Gasteiger partial charge in [-0.15, -0.1) is 0 Å². The number of unbranched alkanes of at least 4 members (excludes halogenated alkanes) is 3. The Morgan fingerprint density at radius 1 is 1.00 bits per heavy atom. The zero-order valence-electron chi connectivity index (χ0n) is 26.3. The molecule has 3 aliphatic rings. The maximum absolute atomic E-state index is 10.9. The molecule has 6 nitrogen and oxygen atoms in total. The minimum atomic E-state index is -0.713. The predicted octanol–water partition coefficient (Wildman–Crippen LogP) is 8.70. The second kappa shape index (κ2) is 15.3. The third-order valence-electron chi connectivity index (χ3n) is 9.11. The van der Waals surface area contributed by atoms with Crippen molar-refractivity contribution in [3.63, 3.8) is 0 Å².